The van der Waals surface area contributed by atoms with Crippen LogP contribution >= 0.6 is 0 Å². The summed E-state index contributed by atoms with van der Waals surface area (Å²) in [4.78, 5) is 12.6. The summed E-state index contributed by atoms with van der Waals surface area (Å²) in [6, 6.07) is 6.16. The van der Waals surface area contributed by atoms with E-state index >= 15 is 0 Å². The molecule has 0 bridgehead atoms. The maximum Gasteiger partial charge on any atom is 0.316 e. The largest absolute Gasteiger partial charge is 0.459 e. The lowest BCUT2D eigenvalue weighted by atomic mass is 9.92. The molecular formula is C14H17N3O. The van der Waals surface area contributed by atoms with Gasteiger partial charge in [-0.2, -0.15) is 4.98 Å². The zero-order chi connectivity index (χ0) is 13.0. The third-order valence-corrected chi connectivity index (χ3v) is 2.49. The Morgan fingerprint density at radius 3 is 2.67 bits per heavy atom. The third-order valence-electron chi connectivity index (χ3n) is 2.49. The highest BCUT2D eigenvalue weighted by Gasteiger charge is 2.16. The average Bonchev–Trinajstić information content (AvgIpc) is 2.37. The second-order valence-corrected chi connectivity index (χ2v) is 5.12. The van der Waals surface area contributed by atoms with Crippen molar-refractivity contribution in [1.82, 2.24) is 15.0 Å². The average molecular weight is 243 g/mol. The molecule has 0 aliphatic carbocycles. The summed E-state index contributed by atoms with van der Waals surface area (Å²) in [6.45, 7) is 6.77. The standard InChI is InChI=1S/C14H17N3O/c1-14(2,3)12-6-8-16-13(17-12)18-10-11-5-4-7-15-9-11/h4-9H,10H2,1-3H3. The number of hydrogen-bond acceptors (Lipinski definition) is 4. The van der Waals surface area contributed by atoms with E-state index in [4.69, 9.17) is 4.74 Å². The summed E-state index contributed by atoms with van der Waals surface area (Å²) in [5, 5.41) is 0. The Kier molecular flexibility index (Phi) is 3.55. The van der Waals surface area contributed by atoms with Gasteiger partial charge in [0.1, 0.15) is 6.61 Å². The van der Waals surface area contributed by atoms with Crippen LogP contribution in [0.5, 0.6) is 6.01 Å². The minimum absolute atomic E-state index is 0.00461. The zero-order valence-corrected chi connectivity index (χ0v) is 10.9. The highest BCUT2D eigenvalue weighted by molar-refractivity contribution is 5.14. The first-order chi connectivity index (χ1) is 8.55. The van der Waals surface area contributed by atoms with Crippen LogP contribution in [0.2, 0.25) is 0 Å². The molecule has 2 heterocycles. The monoisotopic (exact) mass is 243 g/mol. The molecule has 4 nitrogen and oxygen atoms in total. The van der Waals surface area contributed by atoms with Gasteiger partial charge in [0.15, 0.2) is 0 Å². The lowest BCUT2D eigenvalue weighted by molar-refractivity contribution is 0.277. The van der Waals surface area contributed by atoms with Crippen molar-refractivity contribution in [2.75, 3.05) is 0 Å². The summed E-state index contributed by atoms with van der Waals surface area (Å²) < 4.78 is 5.57. The van der Waals surface area contributed by atoms with Crippen molar-refractivity contribution in [3.8, 4) is 6.01 Å². The Labute approximate surface area is 107 Å². The molecule has 0 amide bonds. The van der Waals surface area contributed by atoms with Gasteiger partial charge < -0.3 is 4.74 Å². The molecule has 0 atom stereocenters. The number of nitrogens with zero attached hydrogens (tertiary/aromatic N) is 3. The fourth-order valence-electron chi connectivity index (χ4n) is 1.46. The van der Waals surface area contributed by atoms with Gasteiger partial charge in [0.25, 0.3) is 0 Å². The molecule has 18 heavy (non-hydrogen) atoms. The minimum Gasteiger partial charge on any atom is -0.459 e. The quantitative estimate of drug-likeness (QED) is 0.831. The van der Waals surface area contributed by atoms with Gasteiger partial charge in [0.05, 0.1) is 5.69 Å². The summed E-state index contributed by atoms with van der Waals surface area (Å²) in [5.41, 5.74) is 1.97. The molecule has 0 unspecified atom stereocenters. The van der Waals surface area contributed by atoms with E-state index in [1.54, 1.807) is 18.6 Å². The molecule has 0 fully saturated rings. The van der Waals surface area contributed by atoms with Crippen molar-refractivity contribution in [3.05, 3.63) is 48.0 Å². The van der Waals surface area contributed by atoms with Gasteiger partial charge in [-0.15, -0.1) is 0 Å². The molecule has 2 aromatic heterocycles. The molecule has 2 rings (SSSR count). The molecule has 0 spiro atoms. The Hall–Kier alpha value is -1.97. The molecule has 4 heteroatoms. The van der Waals surface area contributed by atoms with E-state index in [1.807, 2.05) is 18.2 Å². The van der Waals surface area contributed by atoms with Crippen molar-refractivity contribution in [1.29, 1.82) is 0 Å². The van der Waals surface area contributed by atoms with Crippen LogP contribution < -0.4 is 4.74 Å². The minimum atomic E-state index is -0.00461. The number of rotatable bonds is 3. The van der Waals surface area contributed by atoms with Gasteiger partial charge in [-0.25, -0.2) is 4.98 Å². The second kappa shape index (κ2) is 5.12. The first-order valence-corrected chi connectivity index (χ1v) is 5.91. The third kappa shape index (κ3) is 3.26. The predicted octanol–water partition coefficient (Wildman–Crippen LogP) is 2.75. The molecule has 0 aliphatic rings. The normalized spacial score (nSPS) is 11.3. The van der Waals surface area contributed by atoms with Gasteiger partial charge in [0.2, 0.25) is 0 Å². The van der Waals surface area contributed by atoms with Crippen molar-refractivity contribution in [3.63, 3.8) is 0 Å². The predicted molar refractivity (Wildman–Crippen MR) is 69.3 cm³/mol. The van der Waals surface area contributed by atoms with E-state index in [2.05, 4.69) is 35.7 Å². The lowest BCUT2D eigenvalue weighted by Crippen LogP contribution is -2.14. The first kappa shape index (κ1) is 12.5. The maximum absolute atomic E-state index is 5.57. The highest BCUT2D eigenvalue weighted by Crippen LogP contribution is 2.20. The van der Waals surface area contributed by atoms with Crippen LogP contribution in [0.4, 0.5) is 0 Å². The van der Waals surface area contributed by atoms with Crippen molar-refractivity contribution in [2.24, 2.45) is 0 Å². The van der Waals surface area contributed by atoms with Gasteiger partial charge in [-0.3, -0.25) is 4.98 Å². The Morgan fingerprint density at radius 1 is 1.17 bits per heavy atom. The Morgan fingerprint density at radius 2 is 2.00 bits per heavy atom. The van der Waals surface area contributed by atoms with Crippen molar-refractivity contribution >= 4 is 0 Å². The van der Waals surface area contributed by atoms with E-state index in [0.717, 1.165) is 11.3 Å². The second-order valence-electron chi connectivity index (χ2n) is 5.12. The summed E-state index contributed by atoms with van der Waals surface area (Å²) in [5.74, 6) is 0. The van der Waals surface area contributed by atoms with Crippen LogP contribution in [-0.2, 0) is 12.0 Å². The summed E-state index contributed by atoms with van der Waals surface area (Å²) >= 11 is 0. The van der Waals surface area contributed by atoms with Gasteiger partial charge in [0, 0.05) is 29.6 Å². The van der Waals surface area contributed by atoms with E-state index in [-0.39, 0.29) is 5.41 Å². The van der Waals surface area contributed by atoms with Crippen LogP contribution in [0.15, 0.2) is 36.8 Å². The number of pyridine rings is 1. The van der Waals surface area contributed by atoms with Crippen LogP contribution in [0.25, 0.3) is 0 Å². The summed E-state index contributed by atoms with van der Waals surface area (Å²) in [6.07, 6.45) is 5.24. The van der Waals surface area contributed by atoms with Gasteiger partial charge >= 0.3 is 6.01 Å². The van der Waals surface area contributed by atoms with Crippen molar-refractivity contribution < 1.29 is 4.74 Å². The van der Waals surface area contributed by atoms with Crippen LogP contribution in [-0.4, -0.2) is 15.0 Å². The Bertz CT molecular complexity index is 506. The van der Waals surface area contributed by atoms with E-state index in [9.17, 15) is 0 Å². The maximum atomic E-state index is 5.57. The molecule has 0 aromatic carbocycles. The molecule has 0 saturated heterocycles. The smallest absolute Gasteiger partial charge is 0.316 e. The number of hydrogen-bond donors (Lipinski definition) is 0. The SMILES string of the molecule is CC(C)(C)c1ccnc(OCc2cccnc2)n1. The van der Waals surface area contributed by atoms with Crippen LogP contribution in [0.1, 0.15) is 32.0 Å². The fourth-order valence-corrected chi connectivity index (χ4v) is 1.46. The van der Waals surface area contributed by atoms with E-state index in [1.165, 1.54) is 0 Å². The summed E-state index contributed by atoms with van der Waals surface area (Å²) in [7, 11) is 0. The van der Waals surface area contributed by atoms with Gasteiger partial charge in [-0.05, 0) is 12.1 Å². The van der Waals surface area contributed by atoms with Crippen molar-refractivity contribution in [2.45, 2.75) is 32.8 Å². The molecule has 0 saturated carbocycles. The van der Waals surface area contributed by atoms with Crippen LogP contribution in [0, 0.1) is 0 Å². The molecule has 0 aliphatic heterocycles. The topological polar surface area (TPSA) is 47.9 Å². The molecule has 0 N–H and O–H groups in total. The Balaban J connectivity index is 2.06. The highest BCUT2D eigenvalue weighted by atomic mass is 16.5. The number of ether oxygens (including phenoxy) is 1. The first-order valence-electron chi connectivity index (χ1n) is 5.91. The number of aromatic nitrogens is 3. The zero-order valence-electron chi connectivity index (χ0n) is 10.9. The van der Waals surface area contributed by atoms with E-state index < -0.39 is 0 Å². The molecular weight excluding hydrogens is 226 g/mol. The van der Waals surface area contributed by atoms with Gasteiger partial charge in [-0.1, -0.05) is 26.8 Å². The molecule has 2 aromatic rings. The fraction of sp³-hybridized carbons (Fsp3) is 0.357. The van der Waals surface area contributed by atoms with Crippen LogP contribution in [0.3, 0.4) is 0 Å². The lowest BCUT2D eigenvalue weighted by Gasteiger charge is -2.17. The van der Waals surface area contributed by atoms with E-state index in [0.29, 0.717) is 12.6 Å². The molecule has 94 valence electrons. The molecule has 0 radical (unpaired) electrons.